The van der Waals surface area contributed by atoms with Gasteiger partial charge in [-0.15, -0.1) is 0 Å². The number of halogens is 1. The van der Waals surface area contributed by atoms with Gasteiger partial charge in [-0.25, -0.2) is 0 Å². The molecule has 3 N–H and O–H groups in total. The molecule has 4 nitrogen and oxygen atoms in total. The van der Waals surface area contributed by atoms with Crippen molar-refractivity contribution in [3.05, 3.63) is 41.8 Å². The Morgan fingerprint density at radius 1 is 1.26 bits per heavy atom. The second-order valence-electron chi connectivity index (χ2n) is 10.5. The van der Waals surface area contributed by atoms with E-state index in [0.717, 1.165) is 44.0 Å². The standard InChI is InChI=1S/C25H39ClN2O2.CH2/c1-24(2,18-29)16-27-13-5-8-19-9-10-22(26)21(14-19)23(30)28-17-25-11-3-6-20(15-25)7-4-12-25;/h9-10,14,20,27,29H,3-8,11-13,15-18H2,1-2H3,(H,28,30);1H2. The summed E-state index contributed by atoms with van der Waals surface area (Å²) < 4.78 is 0. The fourth-order valence-corrected chi connectivity index (χ4v) is 5.44. The monoisotopic (exact) mass is 448 g/mol. The zero-order valence-electron chi connectivity index (χ0n) is 19.4. The third-order valence-electron chi connectivity index (χ3n) is 7.11. The van der Waals surface area contributed by atoms with Crippen molar-refractivity contribution in [1.29, 1.82) is 0 Å². The molecule has 0 heterocycles. The molecule has 1 amide bonds. The van der Waals surface area contributed by atoms with Crippen LogP contribution in [0.5, 0.6) is 0 Å². The van der Waals surface area contributed by atoms with Crippen molar-refractivity contribution in [2.75, 3.05) is 26.2 Å². The number of benzene rings is 1. The Morgan fingerprint density at radius 2 is 1.97 bits per heavy atom. The Kier molecular flexibility index (Phi) is 9.85. The fourth-order valence-electron chi connectivity index (χ4n) is 5.24. The molecule has 2 fully saturated rings. The van der Waals surface area contributed by atoms with Crippen molar-refractivity contribution in [2.45, 2.75) is 71.6 Å². The number of hydrogen-bond acceptors (Lipinski definition) is 3. The molecule has 0 spiro atoms. The van der Waals surface area contributed by atoms with Crippen LogP contribution in [0.3, 0.4) is 0 Å². The molecule has 0 atom stereocenters. The van der Waals surface area contributed by atoms with Gasteiger partial charge in [0.05, 0.1) is 10.6 Å². The summed E-state index contributed by atoms with van der Waals surface area (Å²) in [6, 6.07) is 5.82. The maximum absolute atomic E-state index is 12.9. The lowest BCUT2D eigenvalue weighted by atomic mass is 9.62. The summed E-state index contributed by atoms with van der Waals surface area (Å²) in [5.74, 6) is 0.833. The Balaban J connectivity index is 0.00000341. The first-order valence-electron chi connectivity index (χ1n) is 11.7. The molecule has 31 heavy (non-hydrogen) atoms. The molecule has 0 aromatic heterocycles. The molecule has 0 aliphatic heterocycles. The van der Waals surface area contributed by atoms with Gasteiger partial charge in [0, 0.05) is 25.1 Å². The quantitative estimate of drug-likeness (QED) is 0.425. The van der Waals surface area contributed by atoms with Gasteiger partial charge in [-0.05, 0) is 67.7 Å². The molecule has 1 aromatic carbocycles. The number of rotatable bonds is 10. The van der Waals surface area contributed by atoms with Gasteiger partial charge in [-0.2, -0.15) is 0 Å². The first-order chi connectivity index (χ1) is 14.3. The number of amides is 1. The first-order valence-corrected chi connectivity index (χ1v) is 12.1. The van der Waals surface area contributed by atoms with Crippen LogP contribution >= 0.6 is 11.6 Å². The van der Waals surface area contributed by atoms with Crippen molar-refractivity contribution in [2.24, 2.45) is 16.7 Å². The molecule has 3 rings (SSSR count). The fraction of sp³-hybridized carbons (Fsp3) is 0.692. The predicted molar refractivity (Wildman–Crippen MR) is 129 cm³/mol. The van der Waals surface area contributed by atoms with Gasteiger partial charge in [0.1, 0.15) is 0 Å². The Morgan fingerprint density at radius 3 is 2.65 bits per heavy atom. The summed E-state index contributed by atoms with van der Waals surface area (Å²) in [5, 5.41) is 16.5. The Labute approximate surface area is 194 Å². The van der Waals surface area contributed by atoms with Crippen LogP contribution in [0.25, 0.3) is 0 Å². The zero-order chi connectivity index (χ0) is 21.6. The van der Waals surface area contributed by atoms with E-state index in [1.165, 1.54) is 44.9 Å². The van der Waals surface area contributed by atoms with Crippen LogP contribution in [0.15, 0.2) is 18.2 Å². The van der Waals surface area contributed by atoms with Gasteiger partial charge in [0.2, 0.25) is 0 Å². The number of fused-ring (bicyclic) bond motifs is 2. The summed E-state index contributed by atoms with van der Waals surface area (Å²) in [4.78, 5) is 12.9. The van der Waals surface area contributed by atoms with Crippen LogP contribution in [0.1, 0.15) is 81.1 Å². The van der Waals surface area contributed by atoms with E-state index in [-0.39, 0.29) is 25.4 Å². The van der Waals surface area contributed by atoms with Crippen molar-refractivity contribution >= 4 is 17.5 Å². The highest BCUT2D eigenvalue weighted by Gasteiger charge is 2.39. The van der Waals surface area contributed by atoms with Gasteiger partial charge in [0.15, 0.2) is 0 Å². The van der Waals surface area contributed by atoms with Gasteiger partial charge < -0.3 is 15.7 Å². The lowest BCUT2D eigenvalue weighted by molar-refractivity contribution is 0.0681. The van der Waals surface area contributed by atoms with Crippen LogP contribution < -0.4 is 10.6 Å². The summed E-state index contributed by atoms with van der Waals surface area (Å²) in [6.07, 6.45) is 11.0. The minimum atomic E-state index is -0.0955. The molecular formula is C26H41ClN2O2. The smallest absolute Gasteiger partial charge is 0.252 e. The predicted octanol–water partition coefficient (Wildman–Crippen LogP) is 5.30. The molecule has 2 saturated carbocycles. The van der Waals surface area contributed by atoms with Crippen LogP contribution in [-0.4, -0.2) is 37.3 Å². The van der Waals surface area contributed by atoms with E-state index in [1.807, 2.05) is 32.0 Å². The van der Waals surface area contributed by atoms with E-state index < -0.39 is 0 Å². The number of aliphatic hydroxyl groups excluding tert-OH is 1. The van der Waals surface area contributed by atoms with E-state index in [4.69, 9.17) is 11.6 Å². The Bertz CT molecular complexity index is 709. The second-order valence-corrected chi connectivity index (χ2v) is 10.9. The van der Waals surface area contributed by atoms with E-state index in [2.05, 4.69) is 10.6 Å². The van der Waals surface area contributed by atoms with Crippen molar-refractivity contribution < 1.29 is 9.90 Å². The lowest BCUT2D eigenvalue weighted by Gasteiger charge is -2.45. The van der Waals surface area contributed by atoms with Crippen molar-refractivity contribution in [3.63, 3.8) is 0 Å². The van der Waals surface area contributed by atoms with Crippen LogP contribution in [-0.2, 0) is 6.42 Å². The topological polar surface area (TPSA) is 61.4 Å². The number of nitrogens with one attached hydrogen (secondary N) is 2. The molecule has 0 unspecified atom stereocenters. The number of aryl methyl sites for hydroxylation is 1. The van der Waals surface area contributed by atoms with Gasteiger partial charge >= 0.3 is 0 Å². The van der Waals surface area contributed by atoms with Crippen LogP contribution in [0.2, 0.25) is 5.02 Å². The number of carbonyl (C=O) groups is 1. The van der Waals surface area contributed by atoms with Gasteiger partial charge in [0.25, 0.3) is 5.91 Å². The first kappa shape index (κ1) is 26.2. The number of aliphatic hydroxyl groups is 1. The summed E-state index contributed by atoms with van der Waals surface area (Å²) in [6.45, 7) is 6.73. The average molecular weight is 449 g/mol. The van der Waals surface area contributed by atoms with Crippen molar-refractivity contribution in [3.8, 4) is 0 Å². The highest BCUT2D eigenvalue weighted by Crippen LogP contribution is 2.48. The molecule has 2 aliphatic carbocycles. The Hall–Kier alpha value is -1.10. The molecule has 0 saturated heterocycles. The molecule has 2 radical (unpaired) electrons. The zero-order valence-corrected chi connectivity index (χ0v) is 20.2. The normalized spacial score (nSPS) is 23.2. The minimum Gasteiger partial charge on any atom is -0.396 e. The highest BCUT2D eigenvalue weighted by molar-refractivity contribution is 6.33. The van der Waals surface area contributed by atoms with E-state index in [9.17, 15) is 9.90 Å². The maximum atomic E-state index is 12.9. The minimum absolute atomic E-state index is 0. The third-order valence-corrected chi connectivity index (χ3v) is 7.44. The highest BCUT2D eigenvalue weighted by atomic mass is 35.5. The lowest BCUT2D eigenvalue weighted by Crippen LogP contribution is -2.43. The molecule has 174 valence electrons. The van der Waals surface area contributed by atoms with E-state index >= 15 is 0 Å². The van der Waals surface area contributed by atoms with Crippen LogP contribution in [0, 0.1) is 24.2 Å². The molecule has 5 heteroatoms. The van der Waals surface area contributed by atoms with E-state index in [1.54, 1.807) is 0 Å². The third kappa shape index (κ3) is 7.47. The van der Waals surface area contributed by atoms with Gasteiger partial charge in [-0.3, -0.25) is 4.79 Å². The van der Waals surface area contributed by atoms with Crippen LogP contribution in [0.4, 0.5) is 0 Å². The SMILES string of the molecule is CC(C)(CO)CNCCCc1ccc(Cl)c(C(=O)NCC23CCCC(CCC2)C3)c1.[CH2]. The average Bonchev–Trinajstić information content (AvgIpc) is 2.73. The molecule has 2 aliphatic rings. The molecule has 2 bridgehead atoms. The summed E-state index contributed by atoms with van der Waals surface area (Å²) in [5.41, 5.74) is 1.96. The largest absolute Gasteiger partial charge is 0.396 e. The summed E-state index contributed by atoms with van der Waals surface area (Å²) in [7, 11) is 0. The number of carbonyl (C=O) groups excluding carboxylic acids is 1. The number of hydrogen-bond donors (Lipinski definition) is 3. The van der Waals surface area contributed by atoms with Gasteiger partial charge in [-0.1, -0.05) is 64.6 Å². The summed E-state index contributed by atoms with van der Waals surface area (Å²) >= 11 is 6.37. The van der Waals surface area contributed by atoms with Crippen molar-refractivity contribution in [1.82, 2.24) is 10.6 Å². The maximum Gasteiger partial charge on any atom is 0.252 e. The molecular weight excluding hydrogens is 408 g/mol. The van der Waals surface area contributed by atoms with E-state index in [0.29, 0.717) is 16.0 Å². The second kappa shape index (κ2) is 11.7. The molecule has 1 aromatic rings.